The highest BCUT2D eigenvalue weighted by atomic mass is 19.1. The van der Waals surface area contributed by atoms with E-state index in [0.717, 1.165) is 6.42 Å². The van der Waals surface area contributed by atoms with Gasteiger partial charge in [0.15, 0.2) is 0 Å². The molecule has 0 unspecified atom stereocenters. The van der Waals surface area contributed by atoms with Crippen LogP contribution >= 0.6 is 0 Å². The molecule has 4 nitrogen and oxygen atoms in total. The minimum absolute atomic E-state index is 0.0490. The lowest BCUT2D eigenvalue weighted by atomic mass is 10.1. The molecule has 0 radical (unpaired) electrons. The number of nitrogens with one attached hydrogen (secondary N) is 2. The third kappa shape index (κ3) is 3.06. The van der Waals surface area contributed by atoms with E-state index in [0.29, 0.717) is 19.4 Å². The number of carbonyl (C=O) groups excluding carboxylic acids is 2. The Morgan fingerprint density at radius 1 is 1.44 bits per heavy atom. The highest BCUT2D eigenvalue weighted by molar-refractivity contribution is 5.94. The van der Waals surface area contributed by atoms with Crippen molar-refractivity contribution in [2.75, 3.05) is 6.54 Å². The van der Waals surface area contributed by atoms with Crippen LogP contribution in [-0.2, 0) is 4.79 Å². The Morgan fingerprint density at radius 2 is 2.22 bits per heavy atom. The summed E-state index contributed by atoms with van der Waals surface area (Å²) in [4.78, 5) is 22.6. The second kappa shape index (κ2) is 5.62. The highest BCUT2D eigenvalue weighted by Crippen LogP contribution is 2.10. The van der Waals surface area contributed by atoms with Gasteiger partial charge in [-0.05, 0) is 25.0 Å². The third-order valence-electron chi connectivity index (χ3n) is 2.98. The summed E-state index contributed by atoms with van der Waals surface area (Å²) < 4.78 is 13.3. The standard InChI is InChI=1S/C13H15FN2O2/c14-11-4-2-1-3-10(11)13(18)15-8-7-9-5-6-12(17)16-9/h1-4,9H,5-8H2,(H,15,18)(H,16,17)/t9-/m1/s1. The fourth-order valence-electron chi connectivity index (χ4n) is 1.99. The van der Waals surface area contributed by atoms with Crippen LogP contribution in [0.3, 0.4) is 0 Å². The molecule has 1 aromatic rings. The SMILES string of the molecule is O=C1CC[C@H](CCNC(=O)c2ccccc2F)N1. The molecule has 96 valence electrons. The zero-order valence-corrected chi connectivity index (χ0v) is 9.91. The molecule has 5 heteroatoms. The van der Waals surface area contributed by atoms with Crippen molar-refractivity contribution < 1.29 is 14.0 Å². The molecule has 18 heavy (non-hydrogen) atoms. The van der Waals surface area contributed by atoms with Gasteiger partial charge in [-0.3, -0.25) is 9.59 Å². The predicted molar refractivity (Wildman–Crippen MR) is 64.5 cm³/mol. The number of hydrogen-bond donors (Lipinski definition) is 2. The molecule has 1 aromatic carbocycles. The van der Waals surface area contributed by atoms with Crippen LogP contribution in [-0.4, -0.2) is 24.4 Å². The Morgan fingerprint density at radius 3 is 2.89 bits per heavy atom. The van der Waals surface area contributed by atoms with E-state index in [9.17, 15) is 14.0 Å². The average Bonchev–Trinajstić information content (AvgIpc) is 2.75. The van der Waals surface area contributed by atoms with Crippen molar-refractivity contribution in [2.24, 2.45) is 0 Å². The summed E-state index contributed by atoms with van der Waals surface area (Å²) in [6, 6.07) is 5.99. The van der Waals surface area contributed by atoms with Crippen molar-refractivity contribution in [1.29, 1.82) is 0 Å². The van der Waals surface area contributed by atoms with E-state index >= 15 is 0 Å². The first kappa shape index (κ1) is 12.5. The molecule has 1 aliphatic heterocycles. The number of benzene rings is 1. The Bertz CT molecular complexity index is 462. The lowest BCUT2D eigenvalue weighted by Gasteiger charge is -2.10. The van der Waals surface area contributed by atoms with E-state index in [1.807, 2.05) is 0 Å². The lowest BCUT2D eigenvalue weighted by molar-refractivity contribution is -0.119. The summed E-state index contributed by atoms with van der Waals surface area (Å²) in [6.07, 6.45) is 2.02. The first-order valence-corrected chi connectivity index (χ1v) is 5.99. The van der Waals surface area contributed by atoms with Crippen LogP contribution in [0.2, 0.25) is 0 Å². The number of amides is 2. The minimum atomic E-state index is -0.524. The van der Waals surface area contributed by atoms with Gasteiger partial charge in [0.2, 0.25) is 5.91 Å². The van der Waals surface area contributed by atoms with Gasteiger partial charge in [0, 0.05) is 19.0 Å². The number of halogens is 1. The topological polar surface area (TPSA) is 58.2 Å². The van der Waals surface area contributed by atoms with Crippen molar-refractivity contribution in [1.82, 2.24) is 10.6 Å². The molecule has 1 saturated heterocycles. The molecular formula is C13H15FN2O2. The van der Waals surface area contributed by atoms with Crippen molar-refractivity contribution in [3.8, 4) is 0 Å². The zero-order valence-electron chi connectivity index (χ0n) is 9.91. The first-order chi connectivity index (χ1) is 8.66. The summed E-state index contributed by atoms with van der Waals surface area (Å²) in [5, 5.41) is 5.47. The monoisotopic (exact) mass is 250 g/mol. The summed E-state index contributed by atoms with van der Waals surface area (Å²) in [5.41, 5.74) is 0.0490. The normalized spacial score (nSPS) is 18.5. The van der Waals surface area contributed by atoms with Gasteiger partial charge in [-0.2, -0.15) is 0 Å². The van der Waals surface area contributed by atoms with Crippen LogP contribution in [0.5, 0.6) is 0 Å². The van der Waals surface area contributed by atoms with E-state index < -0.39 is 11.7 Å². The van der Waals surface area contributed by atoms with Gasteiger partial charge in [-0.1, -0.05) is 12.1 Å². The highest BCUT2D eigenvalue weighted by Gasteiger charge is 2.20. The van der Waals surface area contributed by atoms with E-state index in [1.165, 1.54) is 12.1 Å². The quantitative estimate of drug-likeness (QED) is 0.844. The third-order valence-corrected chi connectivity index (χ3v) is 2.98. The maximum atomic E-state index is 13.3. The molecular weight excluding hydrogens is 235 g/mol. The van der Waals surface area contributed by atoms with E-state index in [-0.39, 0.29) is 17.5 Å². The summed E-state index contributed by atoms with van der Waals surface area (Å²) >= 11 is 0. The van der Waals surface area contributed by atoms with Gasteiger partial charge in [0.05, 0.1) is 5.56 Å². The molecule has 1 aliphatic rings. The number of carbonyl (C=O) groups is 2. The molecule has 0 spiro atoms. The Hall–Kier alpha value is -1.91. The van der Waals surface area contributed by atoms with E-state index in [1.54, 1.807) is 12.1 Å². The Kier molecular flexibility index (Phi) is 3.92. The Labute approximate surface area is 105 Å². The Balaban J connectivity index is 1.79. The molecule has 0 bridgehead atoms. The van der Waals surface area contributed by atoms with Crippen molar-refractivity contribution in [3.05, 3.63) is 35.6 Å². The zero-order chi connectivity index (χ0) is 13.0. The number of hydrogen-bond acceptors (Lipinski definition) is 2. The molecule has 2 rings (SSSR count). The lowest BCUT2D eigenvalue weighted by Crippen LogP contribution is -2.32. The van der Waals surface area contributed by atoms with Crippen LogP contribution in [0.1, 0.15) is 29.6 Å². The van der Waals surface area contributed by atoms with Gasteiger partial charge in [0.1, 0.15) is 5.82 Å². The van der Waals surface area contributed by atoms with Crippen LogP contribution in [0.25, 0.3) is 0 Å². The molecule has 0 aromatic heterocycles. The number of rotatable bonds is 4. The van der Waals surface area contributed by atoms with Gasteiger partial charge in [-0.15, -0.1) is 0 Å². The molecule has 0 aliphatic carbocycles. The van der Waals surface area contributed by atoms with Crippen molar-refractivity contribution >= 4 is 11.8 Å². The van der Waals surface area contributed by atoms with Crippen molar-refractivity contribution in [3.63, 3.8) is 0 Å². The van der Waals surface area contributed by atoms with Gasteiger partial charge < -0.3 is 10.6 Å². The van der Waals surface area contributed by atoms with Crippen LogP contribution in [0.4, 0.5) is 4.39 Å². The second-order valence-corrected chi connectivity index (χ2v) is 4.33. The van der Waals surface area contributed by atoms with Crippen LogP contribution < -0.4 is 10.6 Å². The summed E-state index contributed by atoms with van der Waals surface area (Å²) in [7, 11) is 0. The van der Waals surface area contributed by atoms with Crippen molar-refractivity contribution in [2.45, 2.75) is 25.3 Å². The van der Waals surface area contributed by atoms with E-state index in [2.05, 4.69) is 10.6 Å². The first-order valence-electron chi connectivity index (χ1n) is 5.99. The fourth-order valence-corrected chi connectivity index (χ4v) is 1.99. The predicted octanol–water partition coefficient (Wildman–Crippen LogP) is 1.22. The maximum absolute atomic E-state index is 13.3. The van der Waals surface area contributed by atoms with Crippen LogP contribution in [0, 0.1) is 5.82 Å². The molecule has 1 fully saturated rings. The largest absolute Gasteiger partial charge is 0.353 e. The minimum Gasteiger partial charge on any atom is -0.353 e. The smallest absolute Gasteiger partial charge is 0.254 e. The second-order valence-electron chi connectivity index (χ2n) is 4.33. The fraction of sp³-hybridized carbons (Fsp3) is 0.385. The molecule has 0 saturated carbocycles. The summed E-state index contributed by atoms with van der Waals surface area (Å²) in [5.74, 6) is -0.887. The average molecular weight is 250 g/mol. The van der Waals surface area contributed by atoms with Gasteiger partial charge in [0.25, 0.3) is 5.91 Å². The molecule has 2 amide bonds. The molecule has 1 atom stereocenters. The van der Waals surface area contributed by atoms with Gasteiger partial charge in [-0.25, -0.2) is 4.39 Å². The van der Waals surface area contributed by atoms with E-state index in [4.69, 9.17) is 0 Å². The van der Waals surface area contributed by atoms with Crippen LogP contribution in [0.15, 0.2) is 24.3 Å². The maximum Gasteiger partial charge on any atom is 0.254 e. The molecule has 1 heterocycles. The van der Waals surface area contributed by atoms with Gasteiger partial charge >= 0.3 is 0 Å². The summed E-state index contributed by atoms with van der Waals surface area (Å²) in [6.45, 7) is 0.429. The molecule has 2 N–H and O–H groups in total.